The molecule has 0 aliphatic carbocycles. The van der Waals surface area contributed by atoms with Gasteiger partial charge < -0.3 is 5.73 Å². The first kappa shape index (κ1) is 12.6. The Morgan fingerprint density at radius 3 is 1.94 bits per heavy atom. The maximum Gasteiger partial charge on any atom is 0.140 e. The maximum atomic E-state index is 9.16. The molecule has 0 fully saturated rings. The Kier molecular flexibility index (Phi) is 2.76. The van der Waals surface area contributed by atoms with Crippen LogP contribution < -0.4 is 5.73 Å². The SMILES string of the molecule is CC(C)(C)c1nn(C(C)(C)C)c(N)c1C#N. The molecule has 1 aromatic rings. The van der Waals surface area contributed by atoms with Crippen molar-refractivity contribution in [2.75, 3.05) is 5.73 Å². The molecular formula is C12H20N4. The van der Waals surface area contributed by atoms with E-state index in [1.54, 1.807) is 4.68 Å². The van der Waals surface area contributed by atoms with E-state index in [1.165, 1.54) is 0 Å². The fraction of sp³-hybridized carbons (Fsp3) is 0.667. The highest BCUT2D eigenvalue weighted by Crippen LogP contribution is 2.30. The van der Waals surface area contributed by atoms with Crippen LogP contribution >= 0.6 is 0 Å². The molecule has 0 atom stereocenters. The van der Waals surface area contributed by atoms with E-state index in [4.69, 9.17) is 11.0 Å². The topological polar surface area (TPSA) is 67.6 Å². The van der Waals surface area contributed by atoms with Gasteiger partial charge in [0.05, 0.1) is 11.2 Å². The Bertz CT molecular complexity index is 435. The summed E-state index contributed by atoms with van der Waals surface area (Å²) in [5.74, 6) is 0.458. The molecule has 0 saturated carbocycles. The van der Waals surface area contributed by atoms with Crippen LogP contribution in [-0.2, 0) is 11.0 Å². The predicted molar refractivity (Wildman–Crippen MR) is 65.1 cm³/mol. The summed E-state index contributed by atoms with van der Waals surface area (Å²) in [6.45, 7) is 12.1. The van der Waals surface area contributed by atoms with Crippen LogP contribution in [0.15, 0.2) is 0 Å². The first-order valence-electron chi connectivity index (χ1n) is 5.38. The molecule has 0 saturated heterocycles. The number of anilines is 1. The summed E-state index contributed by atoms with van der Waals surface area (Å²) in [6, 6.07) is 2.15. The molecule has 0 unspecified atom stereocenters. The van der Waals surface area contributed by atoms with Crippen molar-refractivity contribution in [3.05, 3.63) is 11.3 Å². The molecule has 1 aromatic heterocycles. The number of hydrogen-bond donors (Lipinski definition) is 1. The zero-order chi connectivity index (χ0) is 12.7. The van der Waals surface area contributed by atoms with Gasteiger partial charge in [-0.25, -0.2) is 4.68 Å². The summed E-state index contributed by atoms with van der Waals surface area (Å²) in [6.07, 6.45) is 0. The van der Waals surface area contributed by atoms with Crippen LogP contribution in [0.5, 0.6) is 0 Å². The van der Waals surface area contributed by atoms with Crippen molar-refractivity contribution in [2.45, 2.75) is 52.5 Å². The third-order valence-electron chi connectivity index (χ3n) is 2.38. The number of nitrogens with zero attached hydrogens (tertiary/aromatic N) is 3. The highest BCUT2D eigenvalue weighted by Gasteiger charge is 2.29. The lowest BCUT2D eigenvalue weighted by atomic mass is 9.90. The minimum atomic E-state index is -0.209. The summed E-state index contributed by atoms with van der Waals surface area (Å²) < 4.78 is 1.73. The van der Waals surface area contributed by atoms with Gasteiger partial charge in [0.2, 0.25) is 0 Å². The van der Waals surface area contributed by atoms with Gasteiger partial charge in [-0.3, -0.25) is 0 Å². The number of nitriles is 1. The minimum absolute atomic E-state index is 0.171. The third kappa shape index (κ3) is 2.04. The monoisotopic (exact) mass is 220 g/mol. The molecule has 0 radical (unpaired) electrons. The molecule has 16 heavy (non-hydrogen) atoms. The molecular weight excluding hydrogens is 200 g/mol. The zero-order valence-corrected chi connectivity index (χ0v) is 10.9. The second-order valence-electron chi connectivity index (χ2n) is 6.05. The Morgan fingerprint density at radius 1 is 1.19 bits per heavy atom. The van der Waals surface area contributed by atoms with Gasteiger partial charge in [-0.15, -0.1) is 0 Å². The van der Waals surface area contributed by atoms with Gasteiger partial charge in [0.25, 0.3) is 0 Å². The van der Waals surface area contributed by atoms with Crippen LogP contribution in [-0.4, -0.2) is 9.78 Å². The second-order valence-corrected chi connectivity index (χ2v) is 6.05. The molecule has 4 nitrogen and oxygen atoms in total. The normalized spacial score (nSPS) is 12.6. The Labute approximate surface area is 97.1 Å². The first-order chi connectivity index (χ1) is 7.09. The number of nitrogens with two attached hydrogens (primary N) is 1. The smallest absolute Gasteiger partial charge is 0.140 e. The summed E-state index contributed by atoms with van der Waals surface area (Å²) in [7, 11) is 0. The third-order valence-corrected chi connectivity index (χ3v) is 2.38. The summed E-state index contributed by atoms with van der Waals surface area (Å²) in [4.78, 5) is 0. The lowest BCUT2D eigenvalue weighted by Crippen LogP contribution is -2.25. The largest absolute Gasteiger partial charge is 0.383 e. The van der Waals surface area contributed by atoms with E-state index < -0.39 is 0 Å². The minimum Gasteiger partial charge on any atom is -0.383 e. The van der Waals surface area contributed by atoms with E-state index in [9.17, 15) is 0 Å². The van der Waals surface area contributed by atoms with E-state index in [0.717, 1.165) is 5.69 Å². The summed E-state index contributed by atoms with van der Waals surface area (Å²) in [5.41, 5.74) is 6.86. The molecule has 88 valence electrons. The quantitative estimate of drug-likeness (QED) is 0.730. The van der Waals surface area contributed by atoms with Gasteiger partial charge in [-0.2, -0.15) is 10.4 Å². The predicted octanol–water partition coefficient (Wildman–Crippen LogP) is 2.39. The molecule has 1 heterocycles. The molecule has 0 bridgehead atoms. The van der Waals surface area contributed by atoms with Crippen LogP contribution in [0.2, 0.25) is 0 Å². The van der Waals surface area contributed by atoms with Gasteiger partial charge in [0.1, 0.15) is 17.5 Å². The van der Waals surface area contributed by atoms with Gasteiger partial charge in [0.15, 0.2) is 0 Å². The molecule has 1 rings (SSSR count). The van der Waals surface area contributed by atoms with Gasteiger partial charge >= 0.3 is 0 Å². The number of rotatable bonds is 0. The van der Waals surface area contributed by atoms with E-state index >= 15 is 0 Å². The molecule has 0 amide bonds. The lowest BCUT2D eigenvalue weighted by Gasteiger charge is -2.21. The fourth-order valence-corrected chi connectivity index (χ4v) is 1.58. The van der Waals surface area contributed by atoms with E-state index in [1.807, 2.05) is 41.5 Å². The van der Waals surface area contributed by atoms with Crippen molar-refractivity contribution >= 4 is 5.82 Å². The van der Waals surface area contributed by atoms with Crippen LogP contribution in [0.1, 0.15) is 52.8 Å². The van der Waals surface area contributed by atoms with Gasteiger partial charge in [-0.05, 0) is 20.8 Å². The standard InChI is InChI=1S/C12H20N4/c1-11(2,3)9-8(7-13)10(14)16(15-9)12(4,5)6/h14H2,1-6H3. The van der Waals surface area contributed by atoms with E-state index in [2.05, 4.69) is 11.2 Å². The maximum absolute atomic E-state index is 9.16. The molecule has 2 N–H and O–H groups in total. The van der Waals surface area contributed by atoms with E-state index in [-0.39, 0.29) is 11.0 Å². The van der Waals surface area contributed by atoms with Crippen molar-refractivity contribution < 1.29 is 0 Å². The van der Waals surface area contributed by atoms with Gasteiger partial charge in [0, 0.05) is 5.41 Å². The van der Waals surface area contributed by atoms with Crippen molar-refractivity contribution in [1.82, 2.24) is 9.78 Å². The number of nitrogen functional groups attached to an aromatic ring is 1. The Hall–Kier alpha value is -1.50. The van der Waals surface area contributed by atoms with Gasteiger partial charge in [-0.1, -0.05) is 20.8 Å². The highest BCUT2D eigenvalue weighted by molar-refractivity contribution is 5.54. The molecule has 4 heteroatoms. The average molecular weight is 220 g/mol. The molecule has 0 spiro atoms. The second kappa shape index (κ2) is 3.51. The Balaban J connectivity index is 3.52. The van der Waals surface area contributed by atoms with Crippen LogP contribution in [0.3, 0.4) is 0 Å². The summed E-state index contributed by atoms with van der Waals surface area (Å²) in [5, 5.41) is 13.7. The van der Waals surface area contributed by atoms with Crippen LogP contribution in [0, 0.1) is 11.3 Å². The van der Waals surface area contributed by atoms with E-state index in [0.29, 0.717) is 11.4 Å². The van der Waals surface area contributed by atoms with Crippen molar-refractivity contribution in [2.24, 2.45) is 0 Å². The summed E-state index contributed by atoms with van der Waals surface area (Å²) >= 11 is 0. The first-order valence-corrected chi connectivity index (χ1v) is 5.38. The highest BCUT2D eigenvalue weighted by atomic mass is 15.4. The van der Waals surface area contributed by atoms with Crippen LogP contribution in [0.25, 0.3) is 0 Å². The van der Waals surface area contributed by atoms with Crippen molar-refractivity contribution in [1.29, 1.82) is 5.26 Å². The van der Waals surface area contributed by atoms with Crippen molar-refractivity contribution in [3.8, 4) is 6.07 Å². The lowest BCUT2D eigenvalue weighted by molar-refractivity contribution is 0.354. The molecule has 0 aliphatic rings. The molecule has 0 aliphatic heterocycles. The number of hydrogen-bond acceptors (Lipinski definition) is 3. The molecule has 0 aromatic carbocycles. The number of aromatic nitrogens is 2. The average Bonchev–Trinajstić information content (AvgIpc) is 2.40. The van der Waals surface area contributed by atoms with Crippen molar-refractivity contribution in [3.63, 3.8) is 0 Å². The zero-order valence-electron chi connectivity index (χ0n) is 10.9. The Morgan fingerprint density at radius 2 is 1.69 bits per heavy atom. The van der Waals surface area contributed by atoms with Crippen LogP contribution in [0.4, 0.5) is 5.82 Å². The fourth-order valence-electron chi connectivity index (χ4n) is 1.58.